The summed E-state index contributed by atoms with van der Waals surface area (Å²) >= 11 is 11.7. The average molecular weight is 361 g/mol. The summed E-state index contributed by atoms with van der Waals surface area (Å²) in [5.41, 5.74) is -1.22. The van der Waals surface area contributed by atoms with E-state index in [9.17, 15) is 15.0 Å². The predicted octanol–water partition coefficient (Wildman–Crippen LogP) is -0.708. The maximum atomic E-state index is 12.2. The largest absolute Gasteiger partial charge is 0.394 e. The zero-order valence-electron chi connectivity index (χ0n) is 11.3. The van der Waals surface area contributed by atoms with Crippen molar-refractivity contribution in [2.75, 3.05) is 6.61 Å². The topological polar surface area (TPSA) is 152 Å². The third-order valence-corrected chi connectivity index (χ3v) is 4.15. The van der Waals surface area contributed by atoms with Crippen molar-refractivity contribution in [2.24, 2.45) is 0 Å². The van der Waals surface area contributed by atoms with Gasteiger partial charge in [-0.15, -0.1) is 0 Å². The molecule has 2 heterocycles. The Morgan fingerprint density at radius 2 is 1.87 bits per heavy atom. The van der Waals surface area contributed by atoms with E-state index in [0.29, 0.717) is 4.68 Å². The van der Waals surface area contributed by atoms with E-state index in [2.05, 4.69) is 5.10 Å². The maximum Gasteiger partial charge on any atom is 0.289 e. The summed E-state index contributed by atoms with van der Waals surface area (Å²) in [6.45, 7) is -0.601. The van der Waals surface area contributed by atoms with E-state index in [1.807, 2.05) is 0 Å². The first-order chi connectivity index (χ1) is 10.9. The van der Waals surface area contributed by atoms with E-state index >= 15 is 0 Å². The zero-order valence-corrected chi connectivity index (χ0v) is 12.8. The first-order valence-electron chi connectivity index (χ1n) is 6.26. The lowest BCUT2D eigenvalue weighted by molar-refractivity contribution is -0.0612. The SMILES string of the molecule is N#CC(C#N)c1nn([C@@H]2O[C@H](CO)[C@@H](O)[C@H]2O)c(=O)c(Cl)c1Cl. The van der Waals surface area contributed by atoms with Gasteiger partial charge in [0, 0.05) is 0 Å². The summed E-state index contributed by atoms with van der Waals surface area (Å²) in [6, 6.07) is 3.28. The third-order valence-electron chi connectivity index (χ3n) is 3.32. The van der Waals surface area contributed by atoms with Crippen molar-refractivity contribution < 1.29 is 20.1 Å². The maximum absolute atomic E-state index is 12.2. The van der Waals surface area contributed by atoms with Crippen LogP contribution in [0.4, 0.5) is 0 Å². The molecule has 0 aromatic carbocycles. The second-order valence-electron chi connectivity index (χ2n) is 4.68. The van der Waals surface area contributed by atoms with Crippen LogP contribution in [-0.4, -0.2) is 50.0 Å². The predicted molar refractivity (Wildman–Crippen MR) is 75.5 cm³/mol. The minimum atomic E-state index is -1.58. The van der Waals surface area contributed by atoms with Crippen LogP contribution in [0.5, 0.6) is 0 Å². The molecule has 1 saturated heterocycles. The summed E-state index contributed by atoms with van der Waals surface area (Å²) < 4.78 is 5.77. The lowest BCUT2D eigenvalue weighted by atomic mass is 10.1. The van der Waals surface area contributed by atoms with Crippen LogP contribution in [-0.2, 0) is 4.74 Å². The van der Waals surface area contributed by atoms with Crippen LogP contribution in [0.1, 0.15) is 17.8 Å². The van der Waals surface area contributed by atoms with Crippen LogP contribution in [0.3, 0.4) is 0 Å². The van der Waals surface area contributed by atoms with E-state index in [1.54, 1.807) is 12.1 Å². The lowest BCUT2D eigenvalue weighted by Gasteiger charge is -2.18. The van der Waals surface area contributed by atoms with Crippen LogP contribution in [0.15, 0.2) is 4.79 Å². The fourth-order valence-electron chi connectivity index (χ4n) is 2.10. The van der Waals surface area contributed by atoms with Gasteiger partial charge in [0.15, 0.2) is 12.1 Å². The van der Waals surface area contributed by atoms with E-state index < -0.39 is 47.6 Å². The molecule has 23 heavy (non-hydrogen) atoms. The Hall–Kier alpha value is -1.72. The van der Waals surface area contributed by atoms with Gasteiger partial charge >= 0.3 is 0 Å². The average Bonchev–Trinajstić information content (AvgIpc) is 2.83. The highest BCUT2D eigenvalue weighted by Crippen LogP contribution is 2.31. The number of aliphatic hydroxyl groups excluding tert-OH is 3. The highest BCUT2D eigenvalue weighted by molar-refractivity contribution is 6.42. The fourth-order valence-corrected chi connectivity index (χ4v) is 2.51. The second kappa shape index (κ2) is 6.81. The lowest BCUT2D eigenvalue weighted by Crippen LogP contribution is -2.37. The highest BCUT2D eigenvalue weighted by Gasteiger charge is 2.45. The number of nitriles is 2. The monoisotopic (exact) mass is 360 g/mol. The van der Waals surface area contributed by atoms with Crippen molar-refractivity contribution in [3.05, 3.63) is 26.1 Å². The molecule has 9 nitrogen and oxygen atoms in total. The van der Waals surface area contributed by atoms with Gasteiger partial charge in [0.05, 0.1) is 23.8 Å². The van der Waals surface area contributed by atoms with Gasteiger partial charge in [-0.25, -0.2) is 0 Å². The number of aromatic nitrogens is 2. The molecular formula is C12H10Cl2N4O5. The molecule has 1 fully saturated rings. The Labute approximate surface area is 139 Å². The molecule has 0 spiro atoms. The van der Waals surface area contributed by atoms with Gasteiger partial charge in [0.25, 0.3) is 5.56 Å². The van der Waals surface area contributed by atoms with Crippen LogP contribution in [0.2, 0.25) is 10.0 Å². The van der Waals surface area contributed by atoms with Gasteiger partial charge in [0.2, 0.25) is 0 Å². The minimum Gasteiger partial charge on any atom is -0.394 e. The molecule has 0 aliphatic carbocycles. The van der Waals surface area contributed by atoms with Gasteiger partial charge in [0.1, 0.15) is 29.0 Å². The number of ether oxygens (including phenoxy) is 1. The van der Waals surface area contributed by atoms with E-state index in [4.69, 9.17) is 43.6 Å². The minimum absolute atomic E-state index is 0.279. The Morgan fingerprint density at radius 3 is 2.35 bits per heavy atom. The molecule has 122 valence electrons. The Balaban J connectivity index is 2.59. The van der Waals surface area contributed by atoms with Crippen molar-refractivity contribution in [1.29, 1.82) is 10.5 Å². The number of hydrogen-bond acceptors (Lipinski definition) is 8. The Morgan fingerprint density at radius 1 is 1.26 bits per heavy atom. The first-order valence-corrected chi connectivity index (χ1v) is 7.02. The standard InChI is InChI=1S/C12H10Cl2N4O5/c13-6-7(14)11(22)18(17-8(6)4(1-15)2-16)12-10(21)9(20)5(3-19)23-12/h4-5,9-10,12,19-21H,3H2/t5-,9-,10-,12-/m1/s1. The highest BCUT2D eigenvalue weighted by atomic mass is 35.5. The first kappa shape index (κ1) is 17.6. The summed E-state index contributed by atoms with van der Waals surface area (Å²) in [4.78, 5) is 12.2. The molecule has 1 aromatic heterocycles. The number of aliphatic hydroxyl groups is 3. The van der Waals surface area contributed by atoms with Gasteiger partial charge in [-0.1, -0.05) is 23.2 Å². The van der Waals surface area contributed by atoms with Crippen LogP contribution >= 0.6 is 23.2 Å². The quantitative estimate of drug-likeness (QED) is 0.638. The summed E-state index contributed by atoms with van der Waals surface area (Å²) in [5.74, 6) is -1.40. The smallest absolute Gasteiger partial charge is 0.289 e. The van der Waals surface area contributed by atoms with Crippen molar-refractivity contribution >= 4 is 23.2 Å². The molecule has 1 aliphatic rings. The molecule has 3 N–H and O–H groups in total. The fraction of sp³-hybridized carbons (Fsp3) is 0.500. The van der Waals surface area contributed by atoms with Crippen LogP contribution < -0.4 is 5.56 Å². The molecule has 11 heteroatoms. The number of hydrogen-bond donors (Lipinski definition) is 3. The van der Waals surface area contributed by atoms with Gasteiger partial charge in [-0.3, -0.25) is 4.79 Å². The Bertz CT molecular complexity index is 742. The van der Waals surface area contributed by atoms with E-state index in [-0.39, 0.29) is 10.7 Å². The molecular weight excluding hydrogens is 351 g/mol. The van der Waals surface area contributed by atoms with Crippen molar-refractivity contribution in [1.82, 2.24) is 9.78 Å². The van der Waals surface area contributed by atoms with E-state index in [1.165, 1.54) is 0 Å². The summed E-state index contributed by atoms with van der Waals surface area (Å²) in [5, 5.41) is 49.5. The van der Waals surface area contributed by atoms with Crippen molar-refractivity contribution in [3.8, 4) is 12.1 Å². The molecule has 1 aliphatic heterocycles. The summed E-state index contributed by atoms with van der Waals surface area (Å²) in [6.07, 6.45) is -5.63. The molecule has 0 unspecified atom stereocenters. The van der Waals surface area contributed by atoms with Crippen LogP contribution in [0.25, 0.3) is 0 Å². The van der Waals surface area contributed by atoms with Crippen molar-refractivity contribution in [2.45, 2.75) is 30.5 Å². The summed E-state index contributed by atoms with van der Waals surface area (Å²) in [7, 11) is 0. The number of halogens is 2. The van der Waals surface area contributed by atoms with Gasteiger partial charge < -0.3 is 20.1 Å². The van der Waals surface area contributed by atoms with Crippen molar-refractivity contribution in [3.63, 3.8) is 0 Å². The molecule has 0 amide bonds. The normalized spacial score (nSPS) is 27.0. The molecule has 1 aromatic rings. The van der Waals surface area contributed by atoms with Gasteiger partial charge in [-0.2, -0.15) is 20.3 Å². The number of nitrogens with zero attached hydrogens (tertiary/aromatic N) is 4. The molecule has 2 rings (SSSR count). The molecule has 0 bridgehead atoms. The molecule has 0 saturated carbocycles. The van der Waals surface area contributed by atoms with Gasteiger partial charge in [-0.05, 0) is 0 Å². The van der Waals surface area contributed by atoms with E-state index in [0.717, 1.165) is 0 Å². The molecule has 0 radical (unpaired) electrons. The van der Waals surface area contributed by atoms with Crippen LogP contribution in [0, 0.1) is 22.7 Å². The third kappa shape index (κ3) is 2.91. The number of rotatable bonds is 3. The second-order valence-corrected chi connectivity index (χ2v) is 5.44. The zero-order chi connectivity index (χ0) is 17.3. The Kier molecular flexibility index (Phi) is 5.22. The molecule has 4 atom stereocenters.